The van der Waals surface area contributed by atoms with Crippen LogP contribution in [0.5, 0.6) is 11.5 Å². The van der Waals surface area contributed by atoms with E-state index in [4.69, 9.17) is 9.47 Å². The van der Waals surface area contributed by atoms with Gasteiger partial charge in [-0.25, -0.2) is 4.79 Å². The molecule has 0 bridgehead atoms. The van der Waals surface area contributed by atoms with Crippen LogP contribution in [0.15, 0.2) is 54.1 Å². The van der Waals surface area contributed by atoms with Gasteiger partial charge in [-0.2, -0.15) is 0 Å². The zero-order chi connectivity index (χ0) is 22.8. The van der Waals surface area contributed by atoms with Crippen molar-refractivity contribution in [3.05, 3.63) is 65.2 Å². The highest BCUT2D eigenvalue weighted by molar-refractivity contribution is 6.07. The lowest BCUT2D eigenvalue weighted by Crippen LogP contribution is -2.25. The van der Waals surface area contributed by atoms with Crippen LogP contribution in [0.4, 0.5) is 5.69 Å². The van der Waals surface area contributed by atoms with E-state index in [0.29, 0.717) is 35.7 Å². The molecule has 0 saturated carbocycles. The lowest BCUT2D eigenvalue weighted by molar-refractivity contribution is -0.117. The third-order valence-corrected chi connectivity index (χ3v) is 4.43. The molecule has 8 heteroatoms. The van der Waals surface area contributed by atoms with Crippen LogP contribution < -0.4 is 20.1 Å². The van der Waals surface area contributed by atoms with Crippen molar-refractivity contribution in [2.75, 3.05) is 33.2 Å². The fourth-order valence-corrected chi connectivity index (χ4v) is 2.72. The Morgan fingerprint density at radius 1 is 0.935 bits per heavy atom. The molecule has 31 heavy (non-hydrogen) atoms. The predicted molar refractivity (Wildman–Crippen MR) is 116 cm³/mol. The van der Waals surface area contributed by atoms with Gasteiger partial charge in [-0.1, -0.05) is 6.07 Å². The summed E-state index contributed by atoms with van der Waals surface area (Å²) in [6.07, 6.45) is 1.84. The van der Waals surface area contributed by atoms with E-state index in [9.17, 15) is 14.4 Å². The molecule has 0 spiro atoms. The molecule has 8 nitrogen and oxygen atoms in total. The molecular weight excluding hydrogens is 400 g/mol. The van der Waals surface area contributed by atoms with E-state index < -0.39 is 11.9 Å². The number of rotatable bonds is 9. The quantitative estimate of drug-likeness (QED) is 0.472. The number of methoxy groups -OCH3 is 3. The summed E-state index contributed by atoms with van der Waals surface area (Å²) in [4.78, 5) is 35.8. The summed E-state index contributed by atoms with van der Waals surface area (Å²) in [5.41, 5.74) is 2.10. The predicted octanol–water partition coefficient (Wildman–Crippen LogP) is 2.73. The lowest BCUT2D eigenvalue weighted by Gasteiger charge is -2.10. The summed E-state index contributed by atoms with van der Waals surface area (Å²) in [5.74, 6) is 0.0203. The van der Waals surface area contributed by atoms with E-state index >= 15 is 0 Å². The third kappa shape index (κ3) is 6.88. The molecule has 2 amide bonds. The van der Waals surface area contributed by atoms with Crippen LogP contribution in [0.1, 0.15) is 22.8 Å². The number of hydrogen-bond acceptors (Lipinski definition) is 6. The molecule has 2 N–H and O–H groups in total. The highest BCUT2D eigenvalue weighted by Gasteiger charge is 2.10. The van der Waals surface area contributed by atoms with Crippen LogP contribution in [-0.2, 0) is 20.7 Å². The Morgan fingerprint density at radius 3 is 2.23 bits per heavy atom. The Hall–Kier alpha value is -3.81. The Balaban J connectivity index is 1.86. The van der Waals surface area contributed by atoms with E-state index in [-0.39, 0.29) is 11.5 Å². The average Bonchev–Trinajstić information content (AvgIpc) is 2.78. The van der Waals surface area contributed by atoms with E-state index in [1.54, 1.807) is 45.4 Å². The van der Waals surface area contributed by atoms with Crippen LogP contribution in [0.2, 0.25) is 0 Å². The van der Waals surface area contributed by atoms with Crippen LogP contribution in [0.3, 0.4) is 0 Å². The SMILES string of the molecule is COC(=O)c1ccc(NC(=O)/C(C)=C/C(=O)NCCc2ccc(OC)c(OC)c2)cc1. The maximum Gasteiger partial charge on any atom is 0.337 e. The molecule has 0 aliphatic carbocycles. The van der Waals surface area contributed by atoms with Crippen molar-refractivity contribution >= 4 is 23.5 Å². The van der Waals surface area contributed by atoms with Gasteiger partial charge in [0, 0.05) is 23.9 Å². The van der Waals surface area contributed by atoms with E-state index in [2.05, 4.69) is 15.4 Å². The smallest absolute Gasteiger partial charge is 0.337 e. The van der Waals surface area contributed by atoms with E-state index in [1.807, 2.05) is 18.2 Å². The third-order valence-electron chi connectivity index (χ3n) is 4.43. The summed E-state index contributed by atoms with van der Waals surface area (Å²) in [7, 11) is 4.43. The van der Waals surface area contributed by atoms with Crippen molar-refractivity contribution in [2.24, 2.45) is 0 Å². The molecule has 0 radical (unpaired) electrons. The number of benzene rings is 2. The average molecular weight is 426 g/mol. The molecule has 2 aromatic carbocycles. The minimum Gasteiger partial charge on any atom is -0.493 e. The molecule has 0 aliphatic heterocycles. The van der Waals surface area contributed by atoms with Crippen molar-refractivity contribution in [1.29, 1.82) is 0 Å². The second kappa shape index (κ2) is 11.4. The fraction of sp³-hybridized carbons (Fsp3) is 0.261. The molecule has 2 rings (SSSR count). The first-order chi connectivity index (χ1) is 14.9. The van der Waals surface area contributed by atoms with Crippen molar-refractivity contribution < 1.29 is 28.6 Å². The number of nitrogens with one attached hydrogen (secondary N) is 2. The topological polar surface area (TPSA) is 103 Å². The molecule has 0 saturated heterocycles. The Labute approximate surface area is 181 Å². The second-order valence-corrected chi connectivity index (χ2v) is 6.58. The van der Waals surface area contributed by atoms with Gasteiger partial charge in [-0.3, -0.25) is 9.59 Å². The Bertz CT molecular complexity index is 967. The van der Waals surface area contributed by atoms with Gasteiger partial charge in [0.25, 0.3) is 5.91 Å². The molecule has 0 unspecified atom stereocenters. The van der Waals surface area contributed by atoms with Crippen molar-refractivity contribution in [1.82, 2.24) is 5.32 Å². The number of amides is 2. The maximum absolute atomic E-state index is 12.3. The highest BCUT2D eigenvalue weighted by Crippen LogP contribution is 2.27. The maximum atomic E-state index is 12.3. The van der Waals surface area contributed by atoms with Gasteiger partial charge in [-0.15, -0.1) is 0 Å². The summed E-state index contributed by atoms with van der Waals surface area (Å²) in [5, 5.41) is 5.43. The van der Waals surface area contributed by atoms with Gasteiger partial charge in [0.15, 0.2) is 11.5 Å². The van der Waals surface area contributed by atoms with Gasteiger partial charge in [-0.05, 0) is 55.3 Å². The number of carbonyl (C=O) groups excluding carboxylic acids is 3. The van der Waals surface area contributed by atoms with Crippen LogP contribution in [0, 0.1) is 0 Å². The summed E-state index contributed by atoms with van der Waals surface area (Å²) in [6, 6.07) is 11.8. The number of hydrogen-bond donors (Lipinski definition) is 2. The van der Waals surface area contributed by atoms with Crippen LogP contribution in [-0.4, -0.2) is 45.7 Å². The van der Waals surface area contributed by atoms with Crippen molar-refractivity contribution in [2.45, 2.75) is 13.3 Å². The molecule has 164 valence electrons. The van der Waals surface area contributed by atoms with Gasteiger partial charge in [0.2, 0.25) is 5.91 Å². The monoisotopic (exact) mass is 426 g/mol. The van der Waals surface area contributed by atoms with Crippen molar-refractivity contribution in [3.63, 3.8) is 0 Å². The molecule has 0 aliphatic rings. The normalized spacial score (nSPS) is 10.8. The minimum atomic E-state index is -0.460. The first-order valence-corrected chi connectivity index (χ1v) is 9.54. The first kappa shape index (κ1) is 23.5. The zero-order valence-corrected chi connectivity index (χ0v) is 18.0. The van der Waals surface area contributed by atoms with Gasteiger partial charge < -0.3 is 24.8 Å². The fourth-order valence-electron chi connectivity index (χ4n) is 2.72. The first-order valence-electron chi connectivity index (χ1n) is 9.54. The van der Waals surface area contributed by atoms with Crippen LogP contribution in [0.25, 0.3) is 0 Å². The van der Waals surface area contributed by atoms with E-state index in [1.165, 1.54) is 13.2 Å². The lowest BCUT2D eigenvalue weighted by atomic mass is 10.1. The largest absolute Gasteiger partial charge is 0.493 e. The molecule has 2 aromatic rings. The zero-order valence-electron chi connectivity index (χ0n) is 18.0. The van der Waals surface area contributed by atoms with Crippen LogP contribution >= 0.6 is 0 Å². The number of anilines is 1. The number of carbonyl (C=O) groups is 3. The molecule has 0 fully saturated rings. The summed E-state index contributed by atoms with van der Waals surface area (Å²) >= 11 is 0. The number of esters is 1. The molecule has 0 atom stereocenters. The van der Waals surface area contributed by atoms with Crippen molar-refractivity contribution in [3.8, 4) is 11.5 Å². The standard InChI is InChI=1S/C23H26N2O6/c1-15(22(27)25-18-8-6-17(7-9-18)23(28)31-4)13-21(26)24-12-11-16-5-10-19(29-2)20(14-16)30-3/h5-10,13-14H,11-12H2,1-4H3,(H,24,26)(H,25,27)/b15-13+. The Kier molecular flexibility index (Phi) is 8.63. The highest BCUT2D eigenvalue weighted by atomic mass is 16.5. The molecular formula is C23H26N2O6. The molecule has 0 heterocycles. The summed E-state index contributed by atoms with van der Waals surface area (Å²) < 4.78 is 15.1. The molecule has 0 aromatic heterocycles. The summed E-state index contributed by atoms with van der Waals surface area (Å²) in [6.45, 7) is 1.95. The van der Waals surface area contributed by atoms with Gasteiger partial charge in [0.05, 0.1) is 26.9 Å². The van der Waals surface area contributed by atoms with Gasteiger partial charge in [0.1, 0.15) is 0 Å². The number of ether oxygens (including phenoxy) is 3. The second-order valence-electron chi connectivity index (χ2n) is 6.58. The van der Waals surface area contributed by atoms with Gasteiger partial charge >= 0.3 is 5.97 Å². The Morgan fingerprint density at radius 2 is 1.61 bits per heavy atom. The van der Waals surface area contributed by atoms with E-state index in [0.717, 1.165) is 5.56 Å². The minimum absolute atomic E-state index is 0.251.